The van der Waals surface area contributed by atoms with E-state index in [1.165, 1.54) is 10.5 Å². The van der Waals surface area contributed by atoms with Crippen LogP contribution in [0.1, 0.15) is 16.7 Å². The molecular weight excluding hydrogens is 394 g/mol. The molecule has 2 fully saturated rings. The van der Waals surface area contributed by atoms with Crippen molar-refractivity contribution in [3.63, 3.8) is 0 Å². The van der Waals surface area contributed by atoms with Gasteiger partial charge in [-0.15, -0.1) is 0 Å². The molecule has 0 aromatic heterocycles. The van der Waals surface area contributed by atoms with E-state index in [1.807, 2.05) is 67.6 Å². The molecule has 1 aliphatic heterocycles. The van der Waals surface area contributed by atoms with E-state index < -0.39 is 0 Å². The normalized spacial score (nSPS) is 25.5. The first kappa shape index (κ1) is 19.0. The third kappa shape index (κ3) is 2.61. The van der Waals surface area contributed by atoms with E-state index in [9.17, 15) is 9.59 Å². The lowest BCUT2D eigenvalue weighted by Gasteiger charge is -2.22. The van der Waals surface area contributed by atoms with Gasteiger partial charge in [0, 0.05) is 11.8 Å². The molecule has 3 heteroatoms. The largest absolute Gasteiger partial charge is 0.274 e. The first-order chi connectivity index (χ1) is 15.7. The number of nitrogens with zero attached hydrogens (tertiary/aromatic N) is 1. The zero-order chi connectivity index (χ0) is 21.8. The Morgan fingerprint density at radius 1 is 0.656 bits per heavy atom. The maximum Gasteiger partial charge on any atom is 0.238 e. The smallest absolute Gasteiger partial charge is 0.238 e. The fourth-order valence-corrected chi connectivity index (χ4v) is 5.86. The van der Waals surface area contributed by atoms with Gasteiger partial charge in [0.05, 0.1) is 17.5 Å². The Labute approximate surface area is 187 Å². The number of amides is 2. The molecule has 1 heterocycles. The lowest BCUT2D eigenvalue weighted by atomic mass is 9.85. The van der Waals surface area contributed by atoms with Gasteiger partial charge in [0.1, 0.15) is 0 Å². The molecule has 4 atom stereocenters. The second kappa shape index (κ2) is 7.16. The predicted octanol–water partition coefficient (Wildman–Crippen LogP) is 5.42. The van der Waals surface area contributed by atoms with Gasteiger partial charge in [-0.3, -0.25) is 9.59 Å². The van der Waals surface area contributed by atoms with Crippen LogP contribution in [0.3, 0.4) is 0 Å². The van der Waals surface area contributed by atoms with Crippen molar-refractivity contribution in [3.05, 3.63) is 119 Å². The number of anilines is 1. The highest BCUT2D eigenvalue weighted by Crippen LogP contribution is 2.59. The highest BCUT2D eigenvalue weighted by Gasteiger charge is 2.62. The Bertz CT molecular complexity index is 1210. The maximum atomic E-state index is 13.6. The highest BCUT2D eigenvalue weighted by atomic mass is 16.2. The van der Waals surface area contributed by atoms with Crippen molar-refractivity contribution in [2.45, 2.75) is 6.92 Å². The van der Waals surface area contributed by atoms with E-state index in [0.717, 1.165) is 22.3 Å². The molecule has 32 heavy (non-hydrogen) atoms. The van der Waals surface area contributed by atoms with Gasteiger partial charge in [-0.2, -0.15) is 0 Å². The Balaban J connectivity index is 1.50. The zero-order valence-electron chi connectivity index (χ0n) is 17.8. The molecule has 156 valence electrons. The van der Waals surface area contributed by atoms with Gasteiger partial charge in [-0.05, 0) is 40.8 Å². The topological polar surface area (TPSA) is 37.4 Å². The summed E-state index contributed by atoms with van der Waals surface area (Å²) in [7, 11) is 0. The standard InChI is InChI=1S/C29H23NO2/c1-18-10-8-9-15-23(18)30-28(31)26-21-16-17-22(27(26)29(30)32)25(21)24(19-11-4-2-5-12-19)20-13-6-3-7-14-20/h2-17,21-22,26-27H,1H3/t21-,22+,26-,27+. The summed E-state index contributed by atoms with van der Waals surface area (Å²) < 4.78 is 0. The molecule has 3 aromatic rings. The maximum absolute atomic E-state index is 13.6. The quantitative estimate of drug-likeness (QED) is 0.422. The van der Waals surface area contributed by atoms with Crippen molar-refractivity contribution < 1.29 is 9.59 Å². The van der Waals surface area contributed by atoms with E-state index >= 15 is 0 Å². The van der Waals surface area contributed by atoms with E-state index in [1.54, 1.807) is 0 Å². The molecule has 3 aromatic carbocycles. The van der Waals surface area contributed by atoms with Crippen molar-refractivity contribution in [2.24, 2.45) is 23.7 Å². The summed E-state index contributed by atoms with van der Waals surface area (Å²) in [5.74, 6) is -0.880. The van der Waals surface area contributed by atoms with Crippen LogP contribution in [0.25, 0.3) is 5.57 Å². The number of para-hydroxylation sites is 1. The van der Waals surface area contributed by atoms with Gasteiger partial charge < -0.3 is 0 Å². The minimum atomic E-state index is -0.325. The molecule has 0 unspecified atom stereocenters. The summed E-state index contributed by atoms with van der Waals surface area (Å²) in [6, 6.07) is 28.3. The van der Waals surface area contributed by atoms with Crippen molar-refractivity contribution >= 4 is 23.1 Å². The van der Waals surface area contributed by atoms with Crippen LogP contribution < -0.4 is 4.90 Å². The molecule has 2 amide bonds. The third-order valence-corrected chi connectivity index (χ3v) is 7.19. The number of aryl methyl sites for hydroxylation is 1. The number of imide groups is 1. The fraction of sp³-hybridized carbons (Fsp3) is 0.172. The molecule has 6 rings (SSSR count). The summed E-state index contributed by atoms with van der Waals surface area (Å²) in [5.41, 5.74) is 6.28. The number of carbonyl (C=O) groups is 2. The van der Waals surface area contributed by atoms with Crippen LogP contribution in [0.15, 0.2) is 103 Å². The molecule has 1 saturated heterocycles. The highest BCUT2D eigenvalue weighted by molar-refractivity contribution is 6.23. The van der Waals surface area contributed by atoms with E-state index in [2.05, 4.69) is 36.4 Å². The molecule has 3 aliphatic rings. The summed E-state index contributed by atoms with van der Waals surface area (Å²) in [6.45, 7) is 1.95. The van der Waals surface area contributed by atoms with Crippen LogP contribution in [-0.2, 0) is 9.59 Å². The lowest BCUT2D eigenvalue weighted by molar-refractivity contribution is -0.122. The zero-order valence-corrected chi connectivity index (χ0v) is 17.8. The average Bonchev–Trinajstić information content (AvgIpc) is 3.46. The fourth-order valence-electron chi connectivity index (χ4n) is 5.86. The molecule has 2 aliphatic carbocycles. The van der Waals surface area contributed by atoms with E-state index in [-0.39, 0.29) is 35.5 Å². The van der Waals surface area contributed by atoms with Gasteiger partial charge in [0.25, 0.3) is 0 Å². The summed E-state index contributed by atoms with van der Waals surface area (Å²) in [4.78, 5) is 28.7. The lowest BCUT2D eigenvalue weighted by Crippen LogP contribution is -2.33. The summed E-state index contributed by atoms with van der Waals surface area (Å²) in [6.07, 6.45) is 4.30. The van der Waals surface area contributed by atoms with E-state index in [4.69, 9.17) is 0 Å². The summed E-state index contributed by atoms with van der Waals surface area (Å²) in [5, 5.41) is 0. The number of carbonyl (C=O) groups excluding carboxylic acids is 2. The number of fused-ring (bicyclic) bond motifs is 5. The van der Waals surface area contributed by atoms with Crippen molar-refractivity contribution in [2.75, 3.05) is 4.90 Å². The minimum absolute atomic E-state index is 0.0501. The summed E-state index contributed by atoms with van der Waals surface area (Å²) >= 11 is 0. The number of benzene rings is 3. The van der Waals surface area contributed by atoms with Crippen molar-refractivity contribution in [3.8, 4) is 0 Å². The van der Waals surface area contributed by atoms with Crippen molar-refractivity contribution in [1.29, 1.82) is 0 Å². The Morgan fingerprint density at radius 3 is 1.62 bits per heavy atom. The third-order valence-electron chi connectivity index (χ3n) is 7.19. The van der Waals surface area contributed by atoms with Crippen LogP contribution in [0.5, 0.6) is 0 Å². The van der Waals surface area contributed by atoms with Crippen LogP contribution in [0.2, 0.25) is 0 Å². The molecule has 0 radical (unpaired) electrons. The van der Waals surface area contributed by atoms with Crippen LogP contribution >= 0.6 is 0 Å². The monoisotopic (exact) mass is 417 g/mol. The minimum Gasteiger partial charge on any atom is -0.274 e. The number of hydrogen-bond donors (Lipinski definition) is 0. The Kier molecular flexibility index (Phi) is 4.25. The van der Waals surface area contributed by atoms with Crippen LogP contribution in [-0.4, -0.2) is 11.8 Å². The van der Waals surface area contributed by atoms with E-state index in [0.29, 0.717) is 5.69 Å². The van der Waals surface area contributed by atoms with Crippen LogP contribution in [0, 0.1) is 30.6 Å². The Hall–Kier alpha value is -3.72. The molecular formula is C29H23NO2. The predicted molar refractivity (Wildman–Crippen MR) is 126 cm³/mol. The molecule has 0 spiro atoms. The van der Waals surface area contributed by atoms with Crippen LogP contribution in [0.4, 0.5) is 5.69 Å². The second-order valence-electron chi connectivity index (χ2n) is 8.85. The van der Waals surface area contributed by atoms with Gasteiger partial charge in [-0.1, -0.05) is 91.0 Å². The SMILES string of the molecule is Cc1ccccc1N1C(=O)[C@@H]2[C@H](C1=O)[C@@H]1C=C[C@H]2C1=C(c1ccccc1)c1ccccc1. The van der Waals surface area contributed by atoms with Gasteiger partial charge in [0.15, 0.2) is 0 Å². The van der Waals surface area contributed by atoms with Gasteiger partial charge in [-0.25, -0.2) is 4.90 Å². The number of hydrogen-bond acceptors (Lipinski definition) is 2. The average molecular weight is 418 g/mol. The van der Waals surface area contributed by atoms with Crippen molar-refractivity contribution in [1.82, 2.24) is 0 Å². The molecule has 3 nitrogen and oxygen atoms in total. The molecule has 1 saturated carbocycles. The Morgan fingerprint density at radius 2 is 1.12 bits per heavy atom. The number of allylic oxidation sites excluding steroid dienone is 3. The second-order valence-corrected chi connectivity index (χ2v) is 8.85. The molecule has 0 N–H and O–H groups in total. The first-order valence-corrected chi connectivity index (χ1v) is 11.1. The van der Waals surface area contributed by atoms with Gasteiger partial charge in [0.2, 0.25) is 11.8 Å². The first-order valence-electron chi connectivity index (χ1n) is 11.1. The van der Waals surface area contributed by atoms with Gasteiger partial charge >= 0.3 is 0 Å². The number of rotatable bonds is 3. The molecule has 2 bridgehead atoms.